The van der Waals surface area contributed by atoms with Crippen LogP contribution in [0.25, 0.3) is 0 Å². The highest BCUT2D eigenvalue weighted by atomic mass is 79.9. The molecular weight excluding hydrogens is 358 g/mol. The van der Waals surface area contributed by atoms with Crippen LogP contribution in [0.2, 0.25) is 0 Å². The lowest BCUT2D eigenvalue weighted by Gasteiger charge is -2.17. The molecule has 0 spiro atoms. The van der Waals surface area contributed by atoms with Crippen LogP contribution in [0.1, 0.15) is 124 Å². The number of nitrogens with one attached hydrogen (secondary N) is 1. The predicted molar refractivity (Wildman–Crippen MR) is 106 cm³/mol. The molecule has 0 atom stereocenters. The Balaban J connectivity index is 0. The lowest BCUT2D eigenvalue weighted by Crippen LogP contribution is -3.12. The molecule has 0 bridgehead atoms. The van der Waals surface area contributed by atoms with Crippen LogP contribution < -0.4 is 21.9 Å². The first-order valence-electron chi connectivity index (χ1n) is 11.2. The van der Waals surface area contributed by atoms with Gasteiger partial charge in [-0.15, -0.1) is 0 Å². The molecule has 148 valence electrons. The van der Waals surface area contributed by atoms with Crippen molar-refractivity contribution in [3.05, 3.63) is 0 Å². The van der Waals surface area contributed by atoms with Gasteiger partial charge in [-0.05, 0) is 25.7 Å². The van der Waals surface area contributed by atoms with Crippen molar-refractivity contribution in [2.24, 2.45) is 0 Å². The lowest BCUT2D eigenvalue weighted by molar-refractivity contribution is -0.900. The van der Waals surface area contributed by atoms with E-state index < -0.39 is 0 Å². The van der Waals surface area contributed by atoms with Crippen LogP contribution in [-0.4, -0.2) is 19.6 Å². The molecule has 0 aliphatic carbocycles. The zero-order valence-corrected chi connectivity index (χ0v) is 18.9. The monoisotopic (exact) mass is 405 g/mol. The largest absolute Gasteiger partial charge is 1.00 e. The Kier molecular flexibility index (Phi) is 26.0. The Labute approximate surface area is 165 Å². The average Bonchev–Trinajstić information content (AvgIpc) is 2.55. The van der Waals surface area contributed by atoms with Crippen LogP contribution in [0.5, 0.6) is 0 Å². The van der Waals surface area contributed by atoms with E-state index >= 15 is 0 Å². The molecule has 0 aromatic rings. The maximum atomic E-state index is 2.32. The molecule has 1 nitrogen and oxygen atoms in total. The van der Waals surface area contributed by atoms with Crippen molar-refractivity contribution in [3.8, 4) is 0 Å². The summed E-state index contributed by atoms with van der Waals surface area (Å²) in [4.78, 5) is 1.84. The summed E-state index contributed by atoms with van der Waals surface area (Å²) in [5, 5.41) is 0. The third-order valence-electron chi connectivity index (χ3n) is 5.09. The normalized spacial score (nSPS) is 11.0. The Morgan fingerprint density at radius 1 is 0.375 bits per heavy atom. The first-order chi connectivity index (χ1) is 11.3. The van der Waals surface area contributed by atoms with Gasteiger partial charge < -0.3 is 21.9 Å². The lowest BCUT2D eigenvalue weighted by atomic mass is 10.0. The smallest absolute Gasteiger partial charge is 0.0770 e. The van der Waals surface area contributed by atoms with Gasteiger partial charge in [0.15, 0.2) is 0 Å². The maximum absolute atomic E-state index is 2.32. The molecule has 0 rings (SSSR count). The standard InChI is InChI=1S/C22H47N.BrH/c1-4-7-8-9-10-11-12-13-14-15-16-17-18-19-22-23(20-5-2)21-6-3;/h4-22H2,1-3H3;1H. The van der Waals surface area contributed by atoms with Gasteiger partial charge in [0.25, 0.3) is 0 Å². The van der Waals surface area contributed by atoms with E-state index in [4.69, 9.17) is 0 Å². The zero-order chi connectivity index (χ0) is 17.0. The molecule has 0 aromatic carbocycles. The average molecular weight is 407 g/mol. The molecular formula is C22H48BrN. The maximum Gasteiger partial charge on any atom is 0.0770 e. The first kappa shape index (κ1) is 26.7. The van der Waals surface area contributed by atoms with Gasteiger partial charge in [-0.1, -0.05) is 97.8 Å². The molecule has 1 N–H and O–H groups in total. The molecule has 0 aromatic heterocycles. The molecule has 2 heteroatoms. The quantitative estimate of drug-likeness (QED) is 0.314. The number of hydrogen-bond acceptors (Lipinski definition) is 0. The second-order valence-corrected chi connectivity index (χ2v) is 7.60. The van der Waals surface area contributed by atoms with E-state index in [0.717, 1.165) is 0 Å². The number of hydrogen-bond donors (Lipinski definition) is 1. The zero-order valence-electron chi connectivity index (χ0n) is 17.3. The van der Waals surface area contributed by atoms with Crippen molar-refractivity contribution in [1.82, 2.24) is 0 Å². The SMILES string of the molecule is CCCCCCCCCCCCCCCC[NH+](CCC)CCC.[Br-]. The van der Waals surface area contributed by atoms with Crippen molar-refractivity contribution in [2.45, 2.75) is 124 Å². The minimum Gasteiger partial charge on any atom is -1.00 e. The van der Waals surface area contributed by atoms with Gasteiger partial charge >= 0.3 is 0 Å². The summed E-state index contributed by atoms with van der Waals surface area (Å²) >= 11 is 0. The van der Waals surface area contributed by atoms with E-state index in [1.807, 2.05) is 4.90 Å². The Bertz CT molecular complexity index is 202. The van der Waals surface area contributed by atoms with E-state index in [0.29, 0.717) is 0 Å². The van der Waals surface area contributed by atoms with Crippen molar-refractivity contribution < 1.29 is 21.9 Å². The second kappa shape index (κ2) is 23.4. The third-order valence-corrected chi connectivity index (χ3v) is 5.09. The van der Waals surface area contributed by atoms with Gasteiger partial charge in [0.2, 0.25) is 0 Å². The summed E-state index contributed by atoms with van der Waals surface area (Å²) in [6.07, 6.45) is 23.2. The Morgan fingerprint density at radius 3 is 1.04 bits per heavy atom. The molecule has 0 aliphatic rings. The molecule has 0 saturated heterocycles. The van der Waals surface area contributed by atoms with Crippen LogP contribution in [0, 0.1) is 0 Å². The molecule has 0 fully saturated rings. The summed E-state index contributed by atoms with van der Waals surface area (Å²) in [6.45, 7) is 11.1. The topological polar surface area (TPSA) is 4.44 Å². The number of quaternary nitrogens is 1. The van der Waals surface area contributed by atoms with Gasteiger partial charge in [0.1, 0.15) is 0 Å². The highest BCUT2D eigenvalue weighted by Gasteiger charge is 2.04. The van der Waals surface area contributed by atoms with E-state index in [-0.39, 0.29) is 17.0 Å². The number of halogens is 1. The number of unbranched alkanes of at least 4 members (excludes halogenated alkanes) is 13. The Hall–Kier alpha value is 0.440. The van der Waals surface area contributed by atoms with Gasteiger partial charge in [-0.25, -0.2) is 0 Å². The van der Waals surface area contributed by atoms with Gasteiger partial charge in [-0.3, -0.25) is 0 Å². The first-order valence-corrected chi connectivity index (χ1v) is 11.2. The third kappa shape index (κ3) is 20.5. The predicted octanol–water partition coefficient (Wildman–Crippen LogP) is 3.18. The molecule has 0 radical (unpaired) electrons. The molecule has 0 amide bonds. The summed E-state index contributed by atoms with van der Waals surface area (Å²) in [7, 11) is 0. The van der Waals surface area contributed by atoms with Crippen molar-refractivity contribution >= 4 is 0 Å². The van der Waals surface area contributed by atoms with Crippen molar-refractivity contribution in [2.75, 3.05) is 19.6 Å². The molecule has 24 heavy (non-hydrogen) atoms. The minimum atomic E-state index is 0. The fourth-order valence-corrected chi connectivity index (χ4v) is 3.65. The van der Waals surface area contributed by atoms with E-state index in [9.17, 15) is 0 Å². The summed E-state index contributed by atoms with van der Waals surface area (Å²) in [5.74, 6) is 0. The summed E-state index contributed by atoms with van der Waals surface area (Å²) < 4.78 is 0. The van der Waals surface area contributed by atoms with E-state index in [1.165, 1.54) is 122 Å². The van der Waals surface area contributed by atoms with Crippen LogP contribution in [0.3, 0.4) is 0 Å². The highest BCUT2D eigenvalue weighted by molar-refractivity contribution is 4.49. The fourth-order valence-electron chi connectivity index (χ4n) is 3.65. The molecule has 0 unspecified atom stereocenters. The molecule has 0 saturated carbocycles. The summed E-state index contributed by atoms with van der Waals surface area (Å²) in [6, 6.07) is 0. The molecule has 0 heterocycles. The van der Waals surface area contributed by atoms with Gasteiger partial charge in [0, 0.05) is 0 Å². The summed E-state index contributed by atoms with van der Waals surface area (Å²) in [5.41, 5.74) is 0. The van der Waals surface area contributed by atoms with E-state index in [2.05, 4.69) is 20.8 Å². The van der Waals surface area contributed by atoms with Crippen LogP contribution in [0.15, 0.2) is 0 Å². The van der Waals surface area contributed by atoms with Gasteiger partial charge in [0.05, 0.1) is 19.6 Å². The highest BCUT2D eigenvalue weighted by Crippen LogP contribution is 2.12. The van der Waals surface area contributed by atoms with E-state index in [1.54, 1.807) is 0 Å². The second-order valence-electron chi connectivity index (χ2n) is 7.60. The minimum absolute atomic E-state index is 0. The van der Waals surface area contributed by atoms with Crippen LogP contribution in [-0.2, 0) is 0 Å². The van der Waals surface area contributed by atoms with Gasteiger partial charge in [-0.2, -0.15) is 0 Å². The van der Waals surface area contributed by atoms with Crippen LogP contribution >= 0.6 is 0 Å². The van der Waals surface area contributed by atoms with Crippen molar-refractivity contribution in [1.29, 1.82) is 0 Å². The number of rotatable bonds is 19. The van der Waals surface area contributed by atoms with Crippen LogP contribution in [0.4, 0.5) is 0 Å². The molecule has 0 aliphatic heterocycles. The Morgan fingerprint density at radius 2 is 0.708 bits per heavy atom. The fraction of sp³-hybridized carbons (Fsp3) is 1.00. The van der Waals surface area contributed by atoms with Crippen molar-refractivity contribution in [3.63, 3.8) is 0 Å².